The quantitative estimate of drug-likeness (QED) is 0.884. The maximum atomic E-state index is 12.7. The number of aliphatic hydroxyl groups excluding tert-OH is 1. The van der Waals surface area contributed by atoms with E-state index in [-0.39, 0.29) is 30.7 Å². The molecule has 6 nitrogen and oxygen atoms in total. The van der Waals surface area contributed by atoms with Crippen molar-refractivity contribution in [1.82, 2.24) is 14.7 Å². The first-order valence-corrected chi connectivity index (χ1v) is 6.99. The number of carbonyl (C=O) groups excluding carboxylic acids is 1. The molecule has 0 bridgehead atoms. The highest BCUT2D eigenvalue weighted by Crippen LogP contribution is 2.19. The Morgan fingerprint density at radius 1 is 1.60 bits per heavy atom. The van der Waals surface area contributed by atoms with E-state index >= 15 is 0 Å². The molecule has 6 heteroatoms. The summed E-state index contributed by atoms with van der Waals surface area (Å²) in [5, 5.41) is 13.6. The molecule has 0 aliphatic carbocycles. The van der Waals surface area contributed by atoms with Crippen LogP contribution in [0.4, 0.5) is 0 Å². The molecule has 0 radical (unpaired) electrons. The Labute approximate surface area is 119 Å². The Bertz CT molecular complexity index is 486. The topological polar surface area (TPSA) is 67.6 Å². The first-order valence-electron chi connectivity index (χ1n) is 6.99. The van der Waals surface area contributed by atoms with Crippen molar-refractivity contribution in [2.75, 3.05) is 19.8 Å². The smallest absolute Gasteiger partial charge is 0.247 e. The van der Waals surface area contributed by atoms with E-state index in [0.717, 1.165) is 11.4 Å². The van der Waals surface area contributed by atoms with Crippen LogP contribution in [0.1, 0.15) is 31.3 Å². The number of hydrogen-bond donors (Lipinski definition) is 1. The minimum Gasteiger partial charge on any atom is -0.394 e. The zero-order chi connectivity index (χ0) is 14.9. The highest BCUT2D eigenvalue weighted by atomic mass is 16.5. The molecule has 3 atom stereocenters. The molecule has 0 aromatic carbocycles. The number of ether oxygens (including phenoxy) is 1. The van der Waals surface area contributed by atoms with Crippen LogP contribution in [0.15, 0.2) is 6.07 Å². The molecule has 0 spiro atoms. The summed E-state index contributed by atoms with van der Waals surface area (Å²) in [6.45, 7) is 8.51. The number of morpholine rings is 1. The molecule has 1 fully saturated rings. The second-order valence-corrected chi connectivity index (χ2v) is 5.53. The van der Waals surface area contributed by atoms with Gasteiger partial charge in [-0.15, -0.1) is 0 Å². The van der Waals surface area contributed by atoms with E-state index in [1.165, 1.54) is 0 Å². The van der Waals surface area contributed by atoms with E-state index in [1.54, 1.807) is 9.58 Å². The number of hydrogen-bond acceptors (Lipinski definition) is 4. The highest BCUT2D eigenvalue weighted by molar-refractivity contribution is 5.80. The van der Waals surface area contributed by atoms with Crippen molar-refractivity contribution in [1.29, 1.82) is 0 Å². The molecular formula is C14H23N3O3. The van der Waals surface area contributed by atoms with E-state index in [4.69, 9.17) is 4.74 Å². The predicted octanol–water partition coefficient (Wildman–Crippen LogP) is 0.669. The van der Waals surface area contributed by atoms with Gasteiger partial charge in [-0.05, 0) is 33.8 Å². The number of aliphatic hydroxyl groups is 1. The van der Waals surface area contributed by atoms with Crippen molar-refractivity contribution in [2.24, 2.45) is 0 Å². The van der Waals surface area contributed by atoms with Gasteiger partial charge in [0.2, 0.25) is 5.91 Å². The van der Waals surface area contributed by atoms with Gasteiger partial charge in [-0.25, -0.2) is 0 Å². The molecule has 2 heterocycles. The summed E-state index contributed by atoms with van der Waals surface area (Å²) < 4.78 is 7.22. The van der Waals surface area contributed by atoms with Crippen LogP contribution in [-0.2, 0) is 9.53 Å². The van der Waals surface area contributed by atoms with Gasteiger partial charge in [0, 0.05) is 12.2 Å². The van der Waals surface area contributed by atoms with Crippen LogP contribution in [0.3, 0.4) is 0 Å². The molecule has 3 unspecified atom stereocenters. The first-order chi connectivity index (χ1) is 9.43. The summed E-state index contributed by atoms with van der Waals surface area (Å²) in [7, 11) is 0. The Kier molecular flexibility index (Phi) is 4.45. The molecule has 112 valence electrons. The van der Waals surface area contributed by atoms with E-state index in [2.05, 4.69) is 5.10 Å². The fourth-order valence-corrected chi connectivity index (χ4v) is 2.62. The predicted molar refractivity (Wildman–Crippen MR) is 74.4 cm³/mol. The molecule has 1 amide bonds. The van der Waals surface area contributed by atoms with Gasteiger partial charge in [-0.1, -0.05) is 0 Å². The summed E-state index contributed by atoms with van der Waals surface area (Å²) in [4.78, 5) is 14.4. The summed E-state index contributed by atoms with van der Waals surface area (Å²) in [6, 6.07) is 1.64. The third kappa shape index (κ3) is 2.86. The van der Waals surface area contributed by atoms with E-state index in [1.807, 2.05) is 33.8 Å². The number of aryl methyl sites for hydroxylation is 2. The lowest BCUT2D eigenvalue weighted by molar-refractivity contribution is -0.149. The average molecular weight is 281 g/mol. The van der Waals surface area contributed by atoms with Crippen LogP contribution in [0.2, 0.25) is 0 Å². The third-order valence-electron chi connectivity index (χ3n) is 3.76. The molecule has 1 N–H and O–H groups in total. The maximum absolute atomic E-state index is 12.7. The molecular weight excluding hydrogens is 258 g/mol. The lowest BCUT2D eigenvalue weighted by atomic mass is 10.1. The van der Waals surface area contributed by atoms with Crippen LogP contribution >= 0.6 is 0 Å². The summed E-state index contributed by atoms with van der Waals surface area (Å²) in [6.07, 6.45) is -0.289. The SMILES string of the molecule is Cc1cc(C)n(C(C)C(=O)N2CC(CO)OCC2C)n1. The first kappa shape index (κ1) is 15.0. The number of nitrogens with zero attached hydrogens (tertiary/aromatic N) is 3. The van der Waals surface area contributed by atoms with E-state index in [9.17, 15) is 9.90 Å². The van der Waals surface area contributed by atoms with E-state index < -0.39 is 0 Å². The van der Waals surface area contributed by atoms with Gasteiger partial charge in [-0.3, -0.25) is 9.48 Å². The van der Waals surface area contributed by atoms with Gasteiger partial charge in [0.05, 0.1) is 31.1 Å². The second-order valence-electron chi connectivity index (χ2n) is 5.53. The van der Waals surface area contributed by atoms with Gasteiger partial charge in [0.15, 0.2) is 0 Å². The second kappa shape index (κ2) is 5.93. The molecule has 2 rings (SSSR count). The molecule has 1 aromatic heterocycles. The lowest BCUT2D eigenvalue weighted by Crippen LogP contribution is -2.53. The van der Waals surface area contributed by atoms with Gasteiger partial charge < -0.3 is 14.7 Å². The molecule has 0 saturated carbocycles. The zero-order valence-corrected chi connectivity index (χ0v) is 12.5. The monoisotopic (exact) mass is 281 g/mol. The standard InChI is InChI=1S/C14H23N3O3/c1-9-5-10(2)17(15-9)12(4)14(19)16-6-13(7-18)20-8-11(16)3/h5,11-13,18H,6-8H2,1-4H3. The Hall–Kier alpha value is -1.40. The van der Waals surface area contributed by atoms with Crippen LogP contribution in [-0.4, -0.2) is 57.6 Å². The van der Waals surface area contributed by atoms with Gasteiger partial charge in [-0.2, -0.15) is 5.10 Å². The molecule has 1 saturated heterocycles. The number of rotatable bonds is 3. The Morgan fingerprint density at radius 2 is 2.30 bits per heavy atom. The van der Waals surface area contributed by atoms with Crippen molar-refractivity contribution in [3.05, 3.63) is 17.5 Å². The molecule has 1 aromatic rings. The number of aromatic nitrogens is 2. The third-order valence-corrected chi connectivity index (χ3v) is 3.76. The van der Waals surface area contributed by atoms with Crippen molar-refractivity contribution in [3.8, 4) is 0 Å². The van der Waals surface area contributed by atoms with Crippen molar-refractivity contribution in [2.45, 2.75) is 45.9 Å². The van der Waals surface area contributed by atoms with Gasteiger partial charge in [0.1, 0.15) is 6.04 Å². The van der Waals surface area contributed by atoms with Crippen molar-refractivity contribution < 1.29 is 14.6 Å². The maximum Gasteiger partial charge on any atom is 0.247 e. The Balaban J connectivity index is 2.15. The van der Waals surface area contributed by atoms with Gasteiger partial charge in [0.25, 0.3) is 0 Å². The molecule has 1 aliphatic heterocycles. The van der Waals surface area contributed by atoms with Gasteiger partial charge >= 0.3 is 0 Å². The lowest BCUT2D eigenvalue weighted by Gasteiger charge is -2.38. The summed E-state index contributed by atoms with van der Waals surface area (Å²) >= 11 is 0. The fraction of sp³-hybridized carbons (Fsp3) is 0.714. The highest BCUT2D eigenvalue weighted by Gasteiger charge is 2.32. The van der Waals surface area contributed by atoms with Crippen LogP contribution < -0.4 is 0 Å². The van der Waals surface area contributed by atoms with Crippen LogP contribution in [0.5, 0.6) is 0 Å². The van der Waals surface area contributed by atoms with E-state index in [0.29, 0.717) is 13.2 Å². The normalized spacial score (nSPS) is 24.8. The minimum absolute atomic E-state index is 0.0183. The van der Waals surface area contributed by atoms with Crippen molar-refractivity contribution in [3.63, 3.8) is 0 Å². The Morgan fingerprint density at radius 3 is 2.85 bits per heavy atom. The van der Waals surface area contributed by atoms with Crippen molar-refractivity contribution >= 4 is 5.91 Å². The largest absolute Gasteiger partial charge is 0.394 e. The fourth-order valence-electron chi connectivity index (χ4n) is 2.62. The minimum atomic E-state index is -0.344. The molecule has 1 aliphatic rings. The summed E-state index contributed by atoms with van der Waals surface area (Å²) in [5.74, 6) is 0.0189. The summed E-state index contributed by atoms with van der Waals surface area (Å²) in [5.41, 5.74) is 1.88. The average Bonchev–Trinajstić information content (AvgIpc) is 2.76. The zero-order valence-electron chi connectivity index (χ0n) is 12.5. The van der Waals surface area contributed by atoms with Crippen LogP contribution in [0, 0.1) is 13.8 Å². The molecule has 20 heavy (non-hydrogen) atoms. The van der Waals surface area contributed by atoms with Crippen LogP contribution in [0.25, 0.3) is 0 Å². The number of carbonyl (C=O) groups is 1. The number of amides is 1.